The van der Waals surface area contributed by atoms with Crippen molar-refractivity contribution in [1.82, 2.24) is 4.98 Å². The average Bonchev–Trinajstić information content (AvgIpc) is 2.37. The minimum Gasteiger partial charge on any atom is -0.329 e. The van der Waals surface area contributed by atoms with Gasteiger partial charge in [0.1, 0.15) is 5.82 Å². The molecule has 0 atom stereocenters. The van der Waals surface area contributed by atoms with E-state index < -0.39 is 0 Å². The second-order valence-corrected chi connectivity index (χ2v) is 4.72. The average molecular weight is 261 g/mol. The third kappa shape index (κ3) is 2.65. The van der Waals surface area contributed by atoms with E-state index in [2.05, 4.69) is 28.9 Å². The van der Waals surface area contributed by atoms with Gasteiger partial charge in [0.25, 0.3) is 0 Å². The van der Waals surface area contributed by atoms with Crippen molar-refractivity contribution in [2.45, 2.75) is 19.7 Å². The zero-order valence-electron chi connectivity index (χ0n) is 10.9. The first-order valence-electron chi connectivity index (χ1n) is 5.94. The Morgan fingerprint density at radius 1 is 1.17 bits per heavy atom. The molecule has 0 aliphatic rings. The lowest BCUT2D eigenvalue weighted by atomic mass is 10.2. The topological polar surface area (TPSA) is 16.1 Å². The summed E-state index contributed by atoms with van der Waals surface area (Å²) in [5, 5.41) is 0. The molecule has 0 aliphatic heterocycles. The number of benzene rings is 1. The molecule has 18 heavy (non-hydrogen) atoms. The van der Waals surface area contributed by atoms with Gasteiger partial charge in [0.15, 0.2) is 0 Å². The standard InChI is InChI=1S/C15H17ClN2/c1-11-6-4-5-7-14(11)18(3)15-9-13(10-16)8-12(2)17-15/h4-9H,10H2,1-3H3. The van der Waals surface area contributed by atoms with Crippen LogP contribution in [0.15, 0.2) is 36.4 Å². The van der Waals surface area contributed by atoms with Crippen molar-refractivity contribution < 1.29 is 0 Å². The zero-order valence-corrected chi connectivity index (χ0v) is 11.7. The summed E-state index contributed by atoms with van der Waals surface area (Å²) in [6.45, 7) is 4.09. The number of nitrogens with zero attached hydrogens (tertiary/aromatic N) is 2. The first-order chi connectivity index (χ1) is 8.61. The molecule has 0 amide bonds. The fraction of sp³-hybridized carbons (Fsp3) is 0.267. The molecule has 3 heteroatoms. The van der Waals surface area contributed by atoms with Crippen LogP contribution in [0.2, 0.25) is 0 Å². The second kappa shape index (κ2) is 5.40. The third-order valence-corrected chi connectivity index (χ3v) is 3.28. The van der Waals surface area contributed by atoms with Gasteiger partial charge in [-0.15, -0.1) is 11.6 Å². The maximum absolute atomic E-state index is 5.91. The van der Waals surface area contributed by atoms with Gasteiger partial charge in [-0.1, -0.05) is 18.2 Å². The molecule has 0 saturated carbocycles. The molecule has 2 aromatic rings. The summed E-state index contributed by atoms with van der Waals surface area (Å²) < 4.78 is 0. The quantitative estimate of drug-likeness (QED) is 0.769. The zero-order chi connectivity index (χ0) is 13.1. The van der Waals surface area contributed by atoms with Crippen molar-refractivity contribution in [2.75, 3.05) is 11.9 Å². The van der Waals surface area contributed by atoms with E-state index in [1.54, 1.807) is 0 Å². The maximum Gasteiger partial charge on any atom is 0.133 e. The summed E-state index contributed by atoms with van der Waals surface area (Å²) in [4.78, 5) is 6.66. The summed E-state index contributed by atoms with van der Waals surface area (Å²) in [5.41, 5.74) is 4.48. The van der Waals surface area contributed by atoms with Crippen LogP contribution in [0.1, 0.15) is 16.8 Å². The molecule has 0 saturated heterocycles. The van der Waals surface area contributed by atoms with Gasteiger partial charge in [-0.2, -0.15) is 0 Å². The monoisotopic (exact) mass is 260 g/mol. The summed E-state index contributed by atoms with van der Waals surface area (Å²) in [6, 6.07) is 12.3. The number of aryl methyl sites for hydroxylation is 2. The van der Waals surface area contributed by atoms with Crippen LogP contribution in [0, 0.1) is 13.8 Å². The Morgan fingerprint density at radius 3 is 2.56 bits per heavy atom. The summed E-state index contributed by atoms with van der Waals surface area (Å²) in [7, 11) is 2.03. The Hall–Kier alpha value is -1.54. The van der Waals surface area contributed by atoms with E-state index >= 15 is 0 Å². The van der Waals surface area contributed by atoms with E-state index in [1.165, 1.54) is 5.56 Å². The lowest BCUT2D eigenvalue weighted by molar-refractivity contribution is 1.07. The SMILES string of the molecule is Cc1cc(CCl)cc(N(C)c2ccccc2C)n1. The predicted octanol–water partition coefficient (Wildman–Crippen LogP) is 4.21. The third-order valence-electron chi connectivity index (χ3n) is 2.97. The number of hydrogen-bond donors (Lipinski definition) is 0. The lowest BCUT2D eigenvalue weighted by Crippen LogP contribution is -2.13. The number of rotatable bonds is 3. The number of alkyl halides is 1. The highest BCUT2D eigenvalue weighted by Crippen LogP contribution is 2.26. The fourth-order valence-corrected chi connectivity index (χ4v) is 2.19. The fourth-order valence-electron chi connectivity index (χ4n) is 2.03. The van der Waals surface area contributed by atoms with Crippen molar-refractivity contribution in [3.8, 4) is 0 Å². The van der Waals surface area contributed by atoms with Crippen LogP contribution in [0.4, 0.5) is 11.5 Å². The van der Waals surface area contributed by atoms with E-state index in [-0.39, 0.29) is 0 Å². The largest absolute Gasteiger partial charge is 0.329 e. The molecule has 0 bridgehead atoms. The Kier molecular flexibility index (Phi) is 3.87. The van der Waals surface area contributed by atoms with Gasteiger partial charge in [-0.05, 0) is 43.2 Å². The Bertz CT molecular complexity index is 552. The van der Waals surface area contributed by atoms with Crippen molar-refractivity contribution in [3.05, 3.63) is 53.2 Å². The second-order valence-electron chi connectivity index (χ2n) is 4.45. The first kappa shape index (κ1) is 12.9. The van der Waals surface area contributed by atoms with Crippen LogP contribution < -0.4 is 4.90 Å². The molecule has 94 valence electrons. The van der Waals surface area contributed by atoms with Gasteiger partial charge in [0.05, 0.1) is 0 Å². The number of aromatic nitrogens is 1. The summed E-state index contributed by atoms with van der Waals surface area (Å²) >= 11 is 5.91. The Balaban J connectivity index is 2.43. The minimum absolute atomic E-state index is 0.512. The molecule has 0 unspecified atom stereocenters. The molecule has 1 heterocycles. The number of hydrogen-bond acceptors (Lipinski definition) is 2. The van der Waals surface area contributed by atoms with Crippen LogP contribution in [-0.4, -0.2) is 12.0 Å². The van der Waals surface area contributed by atoms with Crippen LogP contribution in [0.5, 0.6) is 0 Å². The summed E-state index contributed by atoms with van der Waals surface area (Å²) in [5.74, 6) is 1.44. The molecule has 2 nitrogen and oxygen atoms in total. The van der Waals surface area contributed by atoms with Crippen molar-refractivity contribution in [3.63, 3.8) is 0 Å². The van der Waals surface area contributed by atoms with Crippen molar-refractivity contribution in [1.29, 1.82) is 0 Å². The molecule has 0 aliphatic carbocycles. The molecular weight excluding hydrogens is 244 g/mol. The molecule has 0 N–H and O–H groups in total. The van der Waals surface area contributed by atoms with Crippen LogP contribution in [-0.2, 0) is 5.88 Å². The molecule has 0 fully saturated rings. The molecule has 2 rings (SSSR count). The van der Waals surface area contributed by atoms with Gasteiger partial charge in [-0.25, -0.2) is 4.98 Å². The van der Waals surface area contributed by atoms with Crippen LogP contribution >= 0.6 is 11.6 Å². The normalized spacial score (nSPS) is 10.4. The van der Waals surface area contributed by atoms with Gasteiger partial charge < -0.3 is 4.90 Å². The Labute approximate surface area is 113 Å². The smallest absolute Gasteiger partial charge is 0.133 e. The minimum atomic E-state index is 0.512. The van der Waals surface area contributed by atoms with Gasteiger partial charge in [0.2, 0.25) is 0 Å². The summed E-state index contributed by atoms with van der Waals surface area (Å²) in [6.07, 6.45) is 0. The van der Waals surface area contributed by atoms with Gasteiger partial charge in [-0.3, -0.25) is 0 Å². The van der Waals surface area contributed by atoms with Crippen molar-refractivity contribution in [2.24, 2.45) is 0 Å². The van der Waals surface area contributed by atoms with E-state index in [0.29, 0.717) is 5.88 Å². The molecule has 0 spiro atoms. The van der Waals surface area contributed by atoms with Crippen molar-refractivity contribution >= 4 is 23.1 Å². The number of para-hydroxylation sites is 1. The predicted molar refractivity (Wildman–Crippen MR) is 77.8 cm³/mol. The highest BCUT2D eigenvalue weighted by atomic mass is 35.5. The number of anilines is 2. The van der Waals surface area contributed by atoms with E-state index in [1.807, 2.05) is 38.2 Å². The first-order valence-corrected chi connectivity index (χ1v) is 6.48. The molecular formula is C15H17ClN2. The molecule has 1 aromatic carbocycles. The molecule has 0 radical (unpaired) electrons. The van der Waals surface area contributed by atoms with Crippen LogP contribution in [0.3, 0.4) is 0 Å². The molecule has 1 aromatic heterocycles. The van der Waals surface area contributed by atoms with E-state index in [0.717, 1.165) is 22.8 Å². The highest BCUT2D eigenvalue weighted by molar-refractivity contribution is 6.17. The lowest BCUT2D eigenvalue weighted by Gasteiger charge is -2.21. The number of halogens is 1. The highest BCUT2D eigenvalue weighted by Gasteiger charge is 2.09. The van der Waals surface area contributed by atoms with Crippen LogP contribution in [0.25, 0.3) is 0 Å². The van der Waals surface area contributed by atoms with Gasteiger partial charge in [0, 0.05) is 24.3 Å². The van der Waals surface area contributed by atoms with E-state index in [4.69, 9.17) is 11.6 Å². The maximum atomic E-state index is 5.91. The van der Waals surface area contributed by atoms with E-state index in [9.17, 15) is 0 Å². The van der Waals surface area contributed by atoms with Gasteiger partial charge >= 0.3 is 0 Å². The number of pyridine rings is 1. The Morgan fingerprint density at radius 2 is 1.89 bits per heavy atom.